The van der Waals surface area contributed by atoms with E-state index in [1.807, 2.05) is 36.5 Å². The van der Waals surface area contributed by atoms with Crippen molar-refractivity contribution in [1.82, 2.24) is 30.8 Å². The predicted molar refractivity (Wildman–Crippen MR) is 199 cm³/mol. The van der Waals surface area contributed by atoms with Crippen molar-refractivity contribution >= 4 is 69.5 Å². The molecule has 3 heterocycles. The average molecular weight is 754 g/mol. The smallest absolute Gasteiger partial charge is 0.245 e. The van der Waals surface area contributed by atoms with Crippen molar-refractivity contribution in [2.75, 3.05) is 13.6 Å². The molecule has 1 aliphatic rings. The number of pyridine rings is 1. The lowest BCUT2D eigenvalue weighted by molar-refractivity contribution is -0.142. The maximum Gasteiger partial charge on any atom is 0.245 e. The van der Waals surface area contributed by atoms with Crippen LogP contribution in [0, 0.1) is 0 Å². The van der Waals surface area contributed by atoms with Crippen LogP contribution in [0.2, 0.25) is 10.0 Å². The van der Waals surface area contributed by atoms with E-state index in [1.54, 1.807) is 31.4 Å². The highest BCUT2D eigenvalue weighted by molar-refractivity contribution is 7.99. The number of hydrogen-bond donors (Lipinski definition) is 6. The molecule has 8 N–H and O–H groups in total. The highest BCUT2D eigenvalue weighted by atomic mass is 35.5. The molecule has 2 aromatic heterocycles. The summed E-state index contributed by atoms with van der Waals surface area (Å²) in [4.78, 5) is 64.2. The monoisotopic (exact) mass is 752 g/mol. The zero-order chi connectivity index (χ0) is 36.5. The molecule has 270 valence electrons. The zero-order valence-corrected chi connectivity index (χ0v) is 30.5. The first kappa shape index (κ1) is 38.1. The Kier molecular flexibility index (Phi) is 13.4. The van der Waals surface area contributed by atoms with Gasteiger partial charge >= 0.3 is 0 Å². The summed E-state index contributed by atoms with van der Waals surface area (Å²) in [6, 6.07) is 11.9. The van der Waals surface area contributed by atoms with Crippen LogP contribution in [0.25, 0.3) is 10.9 Å². The van der Waals surface area contributed by atoms with Gasteiger partial charge in [0.05, 0.1) is 11.1 Å². The van der Waals surface area contributed by atoms with Crippen molar-refractivity contribution in [3.63, 3.8) is 0 Å². The number of aromatic amines is 1. The quantitative estimate of drug-likeness (QED) is 0.138. The molecule has 0 spiro atoms. The van der Waals surface area contributed by atoms with Gasteiger partial charge in [0.1, 0.15) is 17.1 Å². The maximum absolute atomic E-state index is 14.4. The molecule has 0 fully saturated rings. The third-order valence-electron chi connectivity index (χ3n) is 8.89. The molecule has 0 saturated carbocycles. The molecule has 3 atom stereocenters. The van der Waals surface area contributed by atoms with Gasteiger partial charge in [-0.25, -0.2) is 4.98 Å². The van der Waals surface area contributed by atoms with Gasteiger partial charge in [-0.2, -0.15) is 0 Å². The zero-order valence-electron chi connectivity index (χ0n) is 28.2. The molecule has 4 aromatic rings. The number of likely N-dealkylation sites (N-methyl/N-ethyl adjacent to an activating group) is 1. The fraction of sp³-hybridized carbons (Fsp3) is 0.361. The summed E-state index contributed by atoms with van der Waals surface area (Å²) in [6.45, 7) is 0.697. The third-order valence-corrected chi connectivity index (χ3v) is 10.8. The van der Waals surface area contributed by atoms with E-state index in [2.05, 4.69) is 25.9 Å². The summed E-state index contributed by atoms with van der Waals surface area (Å²) in [6.07, 6.45) is 5.23. The number of halogens is 2. The number of fused-ring (bicyclic) bond motifs is 3. The van der Waals surface area contributed by atoms with Crippen LogP contribution in [0.1, 0.15) is 48.8 Å². The SMILES string of the molecule is CN1C(=O)[C@H](CCCCN)NC(=O)[C@H](CCC(N)=O)NCc2cccnc2Sc2c(Cl)cc(Cl)cc2CNC(=O)[C@@H]1Cc1c[nH]c2ccccc12. The van der Waals surface area contributed by atoms with E-state index < -0.39 is 41.8 Å². The predicted octanol–water partition coefficient (Wildman–Crippen LogP) is 4.06. The topological polar surface area (TPSA) is 188 Å². The van der Waals surface area contributed by atoms with Crippen LogP contribution in [0.3, 0.4) is 0 Å². The second-order valence-corrected chi connectivity index (χ2v) is 14.3. The molecule has 2 aromatic carbocycles. The van der Waals surface area contributed by atoms with E-state index in [-0.39, 0.29) is 32.4 Å². The minimum atomic E-state index is -0.969. The Bertz CT molecular complexity index is 1890. The molecule has 5 rings (SSSR count). The fourth-order valence-corrected chi connectivity index (χ4v) is 7.74. The molecule has 12 nitrogen and oxygen atoms in total. The summed E-state index contributed by atoms with van der Waals surface area (Å²) in [5.74, 6) is -1.87. The van der Waals surface area contributed by atoms with Crippen LogP contribution in [0.15, 0.2) is 70.8 Å². The molecular formula is C36H42Cl2N8O4S. The van der Waals surface area contributed by atoms with Gasteiger partial charge in [-0.05, 0) is 73.2 Å². The average Bonchev–Trinajstić information content (AvgIpc) is 3.52. The van der Waals surface area contributed by atoms with Gasteiger partial charge in [0.2, 0.25) is 23.6 Å². The first-order chi connectivity index (χ1) is 24.5. The Morgan fingerprint density at radius 3 is 2.59 bits per heavy atom. The summed E-state index contributed by atoms with van der Waals surface area (Å²) in [7, 11) is 1.57. The number of unbranched alkanes of at least 4 members (excludes halogenated alkanes) is 1. The molecule has 0 saturated heterocycles. The largest absolute Gasteiger partial charge is 0.370 e. The van der Waals surface area contributed by atoms with Crippen LogP contribution in [0.5, 0.6) is 0 Å². The number of rotatable bonds is 9. The number of hydrogen-bond acceptors (Lipinski definition) is 8. The van der Waals surface area contributed by atoms with Crippen molar-refractivity contribution in [1.29, 1.82) is 0 Å². The number of nitrogens with two attached hydrogens (primary N) is 2. The molecule has 0 bridgehead atoms. The number of amides is 4. The van der Waals surface area contributed by atoms with Gasteiger partial charge in [-0.1, -0.05) is 59.2 Å². The minimum Gasteiger partial charge on any atom is -0.370 e. The number of aromatic nitrogens is 2. The third kappa shape index (κ3) is 9.80. The Morgan fingerprint density at radius 1 is 1.00 bits per heavy atom. The molecule has 4 amide bonds. The number of H-pyrrole nitrogens is 1. The van der Waals surface area contributed by atoms with Crippen LogP contribution >= 0.6 is 35.0 Å². The summed E-state index contributed by atoms with van der Waals surface area (Å²) in [5.41, 5.74) is 14.4. The summed E-state index contributed by atoms with van der Waals surface area (Å²) < 4.78 is 0. The Balaban J connectivity index is 1.58. The first-order valence-electron chi connectivity index (χ1n) is 16.8. The number of para-hydroxylation sites is 1. The highest BCUT2D eigenvalue weighted by Crippen LogP contribution is 2.38. The van der Waals surface area contributed by atoms with Gasteiger partial charge < -0.3 is 37.3 Å². The molecule has 15 heteroatoms. The molecule has 0 radical (unpaired) electrons. The lowest BCUT2D eigenvalue weighted by Crippen LogP contribution is -2.57. The van der Waals surface area contributed by atoms with Crippen molar-refractivity contribution in [3.8, 4) is 0 Å². The second kappa shape index (κ2) is 17.9. The summed E-state index contributed by atoms with van der Waals surface area (Å²) >= 11 is 14.5. The van der Waals surface area contributed by atoms with Gasteiger partial charge in [-0.15, -0.1) is 0 Å². The van der Waals surface area contributed by atoms with Crippen molar-refractivity contribution in [2.45, 2.75) is 79.7 Å². The van der Waals surface area contributed by atoms with E-state index in [0.29, 0.717) is 51.3 Å². The van der Waals surface area contributed by atoms with E-state index in [0.717, 1.165) is 22.0 Å². The van der Waals surface area contributed by atoms with Crippen molar-refractivity contribution in [2.24, 2.45) is 11.5 Å². The van der Waals surface area contributed by atoms with Gasteiger partial charge in [-0.3, -0.25) is 19.2 Å². The van der Waals surface area contributed by atoms with Gasteiger partial charge in [0.15, 0.2) is 0 Å². The van der Waals surface area contributed by atoms with Crippen LogP contribution in [-0.4, -0.2) is 70.2 Å². The molecule has 0 aliphatic carbocycles. The highest BCUT2D eigenvalue weighted by Gasteiger charge is 2.34. The second-order valence-electron chi connectivity index (χ2n) is 12.5. The molecular weight excluding hydrogens is 711 g/mol. The lowest BCUT2D eigenvalue weighted by atomic mass is 10.0. The molecule has 0 unspecified atom stereocenters. The lowest BCUT2D eigenvalue weighted by Gasteiger charge is -2.32. The Hall–Kier alpha value is -4.14. The fourth-order valence-electron chi connectivity index (χ4n) is 6.09. The molecule has 51 heavy (non-hydrogen) atoms. The Morgan fingerprint density at radius 2 is 1.80 bits per heavy atom. The van der Waals surface area contributed by atoms with E-state index in [1.165, 1.54) is 16.7 Å². The van der Waals surface area contributed by atoms with Crippen molar-refractivity contribution in [3.05, 3.63) is 87.7 Å². The maximum atomic E-state index is 14.4. The standard InChI is InChI=1S/C36H42Cl2N8O4S/c1-46-30(16-22-19-42-27-9-3-2-8-25(22)27)34(49)44-20-23-15-24(37)17-26(38)32(23)51-35-21(7-6-14-41-35)18-43-28(11-12-31(40)47)33(48)45-29(36(46)50)10-4-5-13-39/h2-3,6-9,14-15,17,19,28-30,42-43H,4-5,10-13,16,18,20,39H2,1H3,(H2,40,47)(H,44,49)(H,45,48)/t28-,29-,30-/m0/s1. The number of carbonyl (C=O) groups is 4. The Labute approximate surface area is 310 Å². The van der Waals surface area contributed by atoms with E-state index in [9.17, 15) is 19.2 Å². The number of carbonyl (C=O) groups excluding carboxylic acids is 4. The van der Waals surface area contributed by atoms with Gasteiger partial charge in [0.25, 0.3) is 0 Å². The number of primary amides is 1. The van der Waals surface area contributed by atoms with Crippen LogP contribution in [0.4, 0.5) is 0 Å². The minimum absolute atomic E-state index is 0.0535. The normalized spacial score (nSPS) is 19.2. The van der Waals surface area contributed by atoms with Gasteiger partial charge in [0, 0.05) is 66.2 Å². The van der Waals surface area contributed by atoms with Crippen LogP contribution in [-0.2, 0) is 38.7 Å². The summed E-state index contributed by atoms with van der Waals surface area (Å²) in [5, 5.41) is 11.5. The van der Waals surface area contributed by atoms with E-state index in [4.69, 9.17) is 34.7 Å². The molecule has 1 aliphatic heterocycles. The number of benzene rings is 2. The first-order valence-corrected chi connectivity index (χ1v) is 18.3. The number of nitrogens with one attached hydrogen (secondary N) is 4. The van der Waals surface area contributed by atoms with E-state index >= 15 is 0 Å². The van der Waals surface area contributed by atoms with Crippen molar-refractivity contribution < 1.29 is 19.2 Å². The van der Waals surface area contributed by atoms with Crippen LogP contribution < -0.4 is 27.4 Å². The number of nitrogens with zero attached hydrogens (tertiary/aromatic N) is 2.